The average Bonchev–Trinajstić information content (AvgIpc) is 2.64. The van der Waals surface area contributed by atoms with Gasteiger partial charge in [0.25, 0.3) is 0 Å². The molecule has 25 heavy (non-hydrogen) atoms. The molecule has 1 aromatic carbocycles. The van der Waals surface area contributed by atoms with E-state index in [2.05, 4.69) is 9.88 Å². The fourth-order valence-electron chi connectivity index (χ4n) is 2.79. The maximum Gasteiger partial charge on any atom is 0.244 e. The molecule has 0 spiro atoms. The Labute approximate surface area is 148 Å². The SMILES string of the molecule is Cc1ccc(/C=C(/Cc2ccc(N3CCOCC3)nc2)C(N)=O)cc1. The van der Waals surface area contributed by atoms with Crippen molar-refractivity contribution in [2.75, 3.05) is 31.2 Å². The van der Waals surface area contributed by atoms with Gasteiger partial charge < -0.3 is 15.4 Å². The van der Waals surface area contributed by atoms with Crippen LogP contribution in [0, 0.1) is 6.92 Å². The number of nitrogens with zero attached hydrogens (tertiary/aromatic N) is 2. The largest absolute Gasteiger partial charge is 0.378 e. The Kier molecular flexibility index (Phi) is 5.46. The first-order valence-electron chi connectivity index (χ1n) is 8.46. The minimum Gasteiger partial charge on any atom is -0.378 e. The molecule has 5 nitrogen and oxygen atoms in total. The van der Waals surface area contributed by atoms with Crippen molar-refractivity contribution in [3.05, 3.63) is 64.9 Å². The number of pyridine rings is 1. The summed E-state index contributed by atoms with van der Waals surface area (Å²) in [5.74, 6) is 0.535. The van der Waals surface area contributed by atoms with Gasteiger partial charge in [-0.05, 0) is 30.2 Å². The number of primary amides is 1. The van der Waals surface area contributed by atoms with E-state index >= 15 is 0 Å². The van der Waals surface area contributed by atoms with Gasteiger partial charge in [-0.3, -0.25) is 4.79 Å². The smallest absolute Gasteiger partial charge is 0.244 e. The van der Waals surface area contributed by atoms with Gasteiger partial charge in [0.15, 0.2) is 0 Å². The van der Waals surface area contributed by atoms with E-state index in [4.69, 9.17) is 10.5 Å². The minimum atomic E-state index is -0.405. The molecule has 1 saturated heterocycles. The molecule has 2 N–H and O–H groups in total. The van der Waals surface area contributed by atoms with Crippen molar-refractivity contribution in [1.82, 2.24) is 4.98 Å². The third-order valence-electron chi connectivity index (χ3n) is 4.27. The zero-order valence-electron chi connectivity index (χ0n) is 14.4. The molecule has 1 amide bonds. The standard InChI is InChI=1S/C20H23N3O2/c1-15-2-4-16(5-3-15)12-18(20(21)24)13-17-6-7-19(22-14-17)23-8-10-25-11-9-23/h2-7,12,14H,8-11,13H2,1H3,(H2,21,24)/b18-12-. The highest BCUT2D eigenvalue weighted by Gasteiger charge is 2.13. The molecule has 3 rings (SSSR count). The van der Waals surface area contributed by atoms with Gasteiger partial charge in [0.2, 0.25) is 5.91 Å². The minimum absolute atomic E-state index is 0.405. The van der Waals surface area contributed by atoms with E-state index in [-0.39, 0.29) is 0 Å². The molecule has 0 aliphatic carbocycles. The molecule has 130 valence electrons. The molecule has 0 bridgehead atoms. The summed E-state index contributed by atoms with van der Waals surface area (Å²) in [7, 11) is 0. The Morgan fingerprint density at radius 3 is 2.52 bits per heavy atom. The molecule has 1 aliphatic rings. The third kappa shape index (κ3) is 4.67. The fraction of sp³-hybridized carbons (Fsp3) is 0.300. The van der Waals surface area contributed by atoms with Gasteiger partial charge in [0, 0.05) is 31.3 Å². The van der Waals surface area contributed by atoms with E-state index in [1.807, 2.05) is 55.6 Å². The number of carbonyl (C=O) groups excluding carboxylic acids is 1. The summed E-state index contributed by atoms with van der Waals surface area (Å²) in [4.78, 5) is 18.5. The van der Waals surface area contributed by atoms with Gasteiger partial charge in [-0.25, -0.2) is 4.98 Å². The van der Waals surface area contributed by atoms with Crippen molar-refractivity contribution < 1.29 is 9.53 Å². The van der Waals surface area contributed by atoms with Crippen LogP contribution in [0.25, 0.3) is 6.08 Å². The molecule has 0 radical (unpaired) electrons. The van der Waals surface area contributed by atoms with Crippen molar-refractivity contribution in [3.8, 4) is 0 Å². The van der Waals surface area contributed by atoms with Crippen LogP contribution in [0.15, 0.2) is 48.2 Å². The second kappa shape index (κ2) is 7.94. The Bertz CT molecular complexity index is 746. The molecule has 5 heteroatoms. The normalized spacial score (nSPS) is 15.2. The number of hydrogen-bond acceptors (Lipinski definition) is 4. The molecule has 2 aromatic rings. The molecule has 2 heterocycles. The zero-order chi connectivity index (χ0) is 17.6. The summed E-state index contributed by atoms with van der Waals surface area (Å²) in [6.45, 7) is 5.20. The van der Waals surface area contributed by atoms with Crippen LogP contribution in [0.4, 0.5) is 5.82 Å². The molecule has 0 saturated carbocycles. The van der Waals surface area contributed by atoms with E-state index in [1.54, 1.807) is 0 Å². The summed E-state index contributed by atoms with van der Waals surface area (Å²) < 4.78 is 5.36. The van der Waals surface area contributed by atoms with Crippen LogP contribution in [0.5, 0.6) is 0 Å². The summed E-state index contributed by atoms with van der Waals surface area (Å²) >= 11 is 0. The second-order valence-electron chi connectivity index (χ2n) is 6.25. The van der Waals surface area contributed by atoms with Crippen LogP contribution in [-0.4, -0.2) is 37.2 Å². The first-order valence-corrected chi connectivity index (χ1v) is 8.46. The molecular formula is C20H23N3O2. The number of carbonyl (C=O) groups is 1. The number of rotatable bonds is 5. The van der Waals surface area contributed by atoms with Crippen molar-refractivity contribution in [3.63, 3.8) is 0 Å². The van der Waals surface area contributed by atoms with Gasteiger partial charge in [-0.15, -0.1) is 0 Å². The number of morpholine rings is 1. The molecule has 1 aromatic heterocycles. The van der Waals surface area contributed by atoms with E-state index in [1.165, 1.54) is 5.56 Å². The Hall–Kier alpha value is -2.66. The van der Waals surface area contributed by atoms with Gasteiger partial charge in [-0.2, -0.15) is 0 Å². The lowest BCUT2D eigenvalue weighted by Gasteiger charge is -2.27. The van der Waals surface area contributed by atoms with Crippen LogP contribution in [0.3, 0.4) is 0 Å². The summed E-state index contributed by atoms with van der Waals surface area (Å²) in [6, 6.07) is 12.0. The number of hydrogen-bond donors (Lipinski definition) is 1. The lowest BCUT2D eigenvalue weighted by atomic mass is 10.0. The van der Waals surface area contributed by atoms with Crippen molar-refractivity contribution >= 4 is 17.8 Å². The maximum atomic E-state index is 11.8. The first kappa shape index (κ1) is 17.2. The van der Waals surface area contributed by atoms with Gasteiger partial charge in [-0.1, -0.05) is 35.9 Å². The maximum absolute atomic E-state index is 11.8. The quantitative estimate of drug-likeness (QED) is 0.850. The van der Waals surface area contributed by atoms with E-state index < -0.39 is 5.91 Å². The van der Waals surface area contributed by atoms with Crippen LogP contribution >= 0.6 is 0 Å². The van der Waals surface area contributed by atoms with Crippen molar-refractivity contribution in [2.24, 2.45) is 5.73 Å². The third-order valence-corrected chi connectivity index (χ3v) is 4.27. The van der Waals surface area contributed by atoms with E-state index in [9.17, 15) is 4.79 Å². The molecule has 0 unspecified atom stereocenters. The molecule has 0 atom stereocenters. The number of aromatic nitrogens is 1. The monoisotopic (exact) mass is 337 g/mol. The fourth-order valence-corrected chi connectivity index (χ4v) is 2.79. The molecule has 1 fully saturated rings. The van der Waals surface area contributed by atoms with Crippen LogP contribution in [-0.2, 0) is 16.0 Å². The molecular weight excluding hydrogens is 314 g/mol. The summed E-state index contributed by atoms with van der Waals surface area (Å²) in [5, 5.41) is 0. The number of benzene rings is 1. The highest BCUT2D eigenvalue weighted by molar-refractivity contribution is 5.97. The second-order valence-corrected chi connectivity index (χ2v) is 6.25. The number of nitrogens with two attached hydrogens (primary N) is 1. The predicted molar refractivity (Wildman–Crippen MR) is 99.3 cm³/mol. The molecule has 1 aliphatic heterocycles. The van der Waals surface area contributed by atoms with Crippen molar-refractivity contribution in [1.29, 1.82) is 0 Å². The van der Waals surface area contributed by atoms with Crippen LogP contribution in [0.1, 0.15) is 16.7 Å². The number of anilines is 1. The van der Waals surface area contributed by atoms with Gasteiger partial charge in [0.05, 0.1) is 13.2 Å². The summed E-state index contributed by atoms with van der Waals surface area (Å²) in [6.07, 6.45) is 4.13. The topological polar surface area (TPSA) is 68.4 Å². The Balaban J connectivity index is 1.73. The highest BCUT2D eigenvalue weighted by atomic mass is 16.5. The first-order chi connectivity index (χ1) is 12.1. The predicted octanol–water partition coefficient (Wildman–Crippen LogP) is 2.34. The van der Waals surface area contributed by atoms with Gasteiger partial charge in [0.1, 0.15) is 5.82 Å². The van der Waals surface area contributed by atoms with E-state index in [0.29, 0.717) is 12.0 Å². The Morgan fingerprint density at radius 1 is 1.20 bits per heavy atom. The zero-order valence-corrected chi connectivity index (χ0v) is 14.4. The average molecular weight is 337 g/mol. The lowest BCUT2D eigenvalue weighted by molar-refractivity contribution is -0.114. The Morgan fingerprint density at radius 2 is 1.92 bits per heavy atom. The van der Waals surface area contributed by atoms with Crippen LogP contribution in [0.2, 0.25) is 0 Å². The van der Waals surface area contributed by atoms with Crippen LogP contribution < -0.4 is 10.6 Å². The number of ether oxygens (including phenoxy) is 1. The van der Waals surface area contributed by atoms with Crippen molar-refractivity contribution in [2.45, 2.75) is 13.3 Å². The number of amides is 1. The summed E-state index contributed by atoms with van der Waals surface area (Å²) in [5.41, 5.74) is 9.25. The van der Waals surface area contributed by atoms with Gasteiger partial charge >= 0.3 is 0 Å². The lowest BCUT2D eigenvalue weighted by Crippen LogP contribution is -2.36. The number of aryl methyl sites for hydroxylation is 1. The highest BCUT2D eigenvalue weighted by Crippen LogP contribution is 2.17. The van der Waals surface area contributed by atoms with E-state index in [0.717, 1.165) is 43.2 Å².